The Balaban J connectivity index is 2.00. The summed E-state index contributed by atoms with van der Waals surface area (Å²) in [5.41, 5.74) is 0.581. The molecule has 0 spiro atoms. The molecular formula is C13H14N2O2. The van der Waals surface area contributed by atoms with Crippen LogP contribution in [0.2, 0.25) is 0 Å². The van der Waals surface area contributed by atoms with Crippen LogP contribution in [0.3, 0.4) is 0 Å². The molecule has 1 aromatic carbocycles. The number of aliphatic hydroxyl groups excluding tert-OH is 1. The van der Waals surface area contributed by atoms with Crippen molar-refractivity contribution < 1.29 is 5.11 Å². The molecule has 0 fully saturated rings. The van der Waals surface area contributed by atoms with Gasteiger partial charge in [0.05, 0.1) is 6.10 Å². The average Bonchev–Trinajstić information content (AvgIpc) is 2.38. The van der Waals surface area contributed by atoms with Gasteiger partial charge in [-0.05, 0) is 18.1 Å². The number of hydrogen-bond acceptors (Lipinski definition) is 3. The summed E-state index contributed by atoms with van der Waals surface area (Å²) in [5.74, 6) is 0. The van der Waals surface area contributed by atoms with Crippen LogP contribution in [-0.4, -0.2) is 14.7 Å². The van der Waals surface area contributed by atoms with Crippen LogP contribution in [0.15, 0.2) is 53.6 Å². The zero-order chi connectivity index (χ0) is 12.1. The lowest BCUT2D eigenvalue weighted by atomic mass is 10.1. The average molecular weight is 230 g/mol. The summed E-state index contributed by atoms with van der Waals surface area (Å²) in [6.45, 7) is 0.461. The van der Waals surface area contributed by atoms with Gasteiger partial charge in [-0.25, -0.2) is 9.78 Å². The molecule has 0 aliphatic carbocycles. The predicted molar refractivity (Wildman–Crippen MR) is 64.5 cm³/mol. The van der Waals surface area contributed by atoms with E-state index in [1.807, 2.05) is 30.3 Å². The van der Waals surface area contributed by atoms with Gasteiger partial charge < -0.3 is 5.11 Å². The Kier molecular flexibility index (Phi) is 3.67. The second kappa shape index (κ2) is 5.41. The van der Waals surface area contributed by atoms with E-state index in [9.17, 15) is 9.90 Å². The molecule has 0 saturated heterocycles. The Hall–Kier alpha value is -1.94. The van der Waals surface area contributed by atoms with Gasteiger partial charge in [0.15, 0.2) is 0 Å². The Bertz CT molecular complexity index is 522. The van der Waals surface area contributed by atoms with Crippen molar-refractivity contribution in [2.75, 3.05) is 0 Å². The molecule has 88 valence electrons. The Morgan fingerprint density at radius 1 is 1.24 bits per heavy atom. The fraction of sp³-hybridized carbons (Fsp3) is 0.231. The van der Waals surface area contributed by atoms with Crippen molar-refractivity contribution in [3.05, 3.63) is 64.8 Å². The quantitative estimate of drug-likeness (QED) is 0.863. The van der Waals surface area contributed by atoms with Crippen LogP contribution in [0.25, 0.3) is 0 Å². The first-order chi connectivity index (χ1) is 8.27. The number of benzene rings is 1. The lowest BCUT2D eigenvalue weighted by Gasteiger charge is -2.11. The number of aromatic nitrogens is 2. The van der Waals surface area contributed by atoms with Crippen LogP contribution in [0.5, 0.6) is 0 Å². The van der Waals surface area contributed by atoms with Gasteiger partial charge in [-0.15, -0.1) is 0 Å². The molecule has 0 bridgehead atoms. The minimum Gasteiger partial charge on any atom is -0.388 e. The number of aliphatic hydroxyl groups is 1. The van der Waals surface area contributed by atoms with Crippen LogP contribution in [0, 0.1) is 0 Å². The van der Waals surface area contributed by atoms with Crippen LogP contribution in [-0.2, 0) is 6.54 Å². The van der Waals surface area contributed by atoms with E-state index in [0.29, 0.717) is 13.0 Å². The van der Waals surface area contributed by atoms with Gasteiger partial charge in [-0.2, -0.15) is 0 Å². The lowest BCUT2D eigenvalue weighted by molar-refractivity contribution is 0.160. The maximum Gasteiger partial charge on any atom is 0.347 e. The number of aryl methyl sites for hydroxylation is 1. The molecule has 0 aliphatic heterocycles. The van der Waals surface area contributed by atoms with Crippen LogP contribution >= 0.6 is 0 Å². The molecule has 1 atom stereocenters. The fourth-order valence-electron chi connectivity index (χ4n) is 1.66. The van der Waals surface area contributed by atoms with Crippen LogP contribution in [0.4, 0.5) is 0 Å². The van der Waals surface area contributed by atoms with Gasteiger partial charge in [0.2, 0.25) is 0 Å². The van der Waals surface area contributed by atoms with Crippen molar-refractivity contribution in [3.63, 3.8) is 0 Å². The van der Waals surface area contributed by atoms with Crippen molar-refractivity contribution in [2.24, 2.45) is 0 Å². The fourth-order valence-corrected chi connectivity index (χ4v) is 1.66. The summed E-state index contributed by atoms with van der Waals surface area (Å²) in [5, 5.41) is 9.94. The molecule has 1 N–H and O–H groups in total. The van der Waals surface area contributed by atoms with Gasteiger partial charge >= 0.3 is 5.69 Å². The first-order valence-corrected chi connectivity index (χ1v) is 5.52. The molecule has 0 radical (unpaired) electrons. The zero-order valence-corrected chi connectivity index (χ0v) is 9.36. The van der Waals surface area contributed by atoms with Gasteiger partial charge in [-0.1, -0.05) is 30.3 Å². The number of hydrogen-bond donors (Lipinski definition) is 1. The summed E-state index contributed by atoms with van der Waals surface area (Å²) < 4.78 is 1.49. The van der Waals surface area contributed by atoms with Gasteiger partial charge in [0, 0.05) is 18.9 Å². The highest BCUT2D eigenvalue weighted by Gasteiger charge is 2.07. The van der Waals surface area contributed by atoms with Crippen molar-refractivity contribution in [1.82, 2.24) is 9.55 Å². The largest absolute Gasteiger partial charge is 0.388 e. The molecule has 17 heavy (non-hydrogen) atoms. The summed E-state index contributed by atoms with van der Waals surface area (Å²) >= 11 is 0. The van der Waals surface area contributed by atoms with Crippen LogP contribution in [0.1, 0.15) is 18.1 Å². The summed E-state index contributed by atoms with van der Waals surface area (Å²) in [6.07, 6.45) is 3.08. The molecule has 0 saturated carbocycles. The first kappa shape index (κ1) is 11.5. The Morgan fingerprint density at radius 3 is 2.71 bits per heavy atom. The van der Waals surface area contributed by atoms with E-state index in [2.05, 4.69) is 4.98 Å². The molecule has 4 nitrogen and oxygen atoms in total. The van der Waals surface area contributed by atoms with E-state index in [4.69, 9.17) is 0 Å². The second-order valence-electron chi connectivity index (χ2n) is 3.81. The molecule has 1 aromatic heterocycles. The molecule has 0 amide bonds. The second-order valence-corrected chi connectivity index (χ2v) is 3.81. The summed E-state index contributed by atoms with van der Waals surface area (Å²) in [6, 6.07) is 11.1. The monoisotopic (exact) mass is 230 g/mol. The van der Waals surface area contributed by atoms with Gasteiger partial charge in [0.1, 0.15) is 0 Å². The molecule has 0 aliphatic rings. The molecule has 1 unspecified atom stereocenters. The normalized spacial score (nSPS) is 12.3. The van der Waals surface area contributed by atoms with Crippen molar-refractivity contribution in [3.8, 4) is 0 Å². The van der Waals surface area contributed by atoms with E-state index in [0.717, 1.165) is 5.56 Å². The zero-order valence-electron chi connectivity index (χ0n) is 9.36. The van der Waals surface area contributed by atoms with Crippen molar-refractivity contribution in [2.45, 2.75) is 19.1 Å². The minimum absolute atomic E-state index is 0.284. The SMILES string of the molecule is O=c1ncccn1CCC(O)c1ccccc1. The van der Waals surface area contributed by atoms with E-state index in [1.165, 1.54) is 10.8 Å². The maximum absolute atomic E-state index is 11.3. The number of rotatable bonds is 4. The summed E-state index contributed by atoms with van der Waals surface area (Å²) in [7, 11) is 0. The lowest BCUT2D eigenvalue weighted by Crippen LogP contribution is -2.22. The summed E-state index contributed by atoms with van der Waals surface area (Å²) in [4.78, 5) is 15.0. The topological polar surface area (TPSA) is 55.1 Å². The highest BCUT2D eigenvalue weighted by Crippen LogP contribution is 2.15. The maximum atomic E-state index is 11.3. The van der Waals surface area contributed by atoms with E-state index in [1.54, 1.807) is 12.3 Å². The van der Waals surface area contributed by atoms with E-state index >= 15 is 0 Å². The van der Waals surface area contributed by atoms with Crippen molar-refractivity contribution in [1.29, 1.82) is 0 Å². The molecule has 1 heterocycles. The molecule has 2 aromatic rings. The van der Waals surface area contributed by atoms with Gasteiger partial charge in [0.25, 0.3) is 0 Å². The molecular weight excluding hydrogens is 216 g/mol. The first-order valence-electron chi connectivity index (χ1n) is 5.52. The third-order valence-electron chi connectivity index (χ3n) is 2.61. The van der Waals surface area contributed by atoms with Crippen molar-refractivity contribution >= 4 is 0 Å². The predicted octanol–water partition coefficient (Wildman–Crippen LogP) is 1.37. The third kappa shape index (κ3) is 3.01. The smallest absolute Gasteiger partial charge is 0.347 e. The standard InChI is InChI=1S/C13H14N2O2/c16-12(11-5-2-1-3-6-11)7-10-15-9-4-8-14-13(15)17/h1-6,8-9,12,16H,7,10H2. The molecule has 4 heteroatoms. The van der Waals surface area contributed by atoms with E-state index < -0.39 is 6.10 Å². The van der Waals surface area contributed by atoms with Gasteiger partial charge in [-0.3, -0.25) is 4.57 Å². The van der Waals surface area contributed by atoms with Crippen LogP contribution < -0.4 is 5.69 Å². The third-order valence-corrected chi connectivity index (χ3v) is 2.61. The Labute approximate surface area is 99.2 Å². The van der Waals surface area contributed by atoms with E-state index in [-0.39, 0.29) is 5.69 Å². The highest BCUT2D eigenvalue weighted by atomic mass is 16.3. The Morgan fingerprint density at radius 2 is 2.00 bits per heavy atom. The number of nitrogens with zero attached hydrogens (tertiary/aromatic N) is 2. The highest BCUT2D eigenvalue weighted by molar-refractivity contribution is 5.17. The minimum atomic E-state index is -0.552. The molecule has 2 rings (SSSR count).